The summed E-state index contributed by atoms with van der Waals surface area (Å²) in [5.41, 5.74) is 0.00867. The van der Waals surface area contributed by atoms with E-state index in [1.54, 1.807) is 0 Å². The standard InChI is InChI=1S/C12H21IO2/c1-11(2,3)9(13)5-4-6-12(7-8-12)10(14)15/h9H,4-8H2,1-3H3,(H,14,15). The van der Waals surface area contributed by atoms with Crippen molar-refractivity contribution in [3.63, 3.8) is 0 Å². The van der Waals surface area contributed by atoms with Gasteiger partial charge in [0.15, 0.2) is 0 Å². The van der Waals surface area contributed by atoms with Gasteiger partial charge in [-0.2, -0.15) is 0 Å². The minimum absolute atomic E-state index is 0.325. The molecular formula is C12H21IO2. The van der Waals surface area contributed by atoms with Crippen LogP contribution in [0.3, 0.4) is 0 Å². The van der Waals surface area contributed by atoms with Crippen molar-refractivity contribution in [3.05, 3.63) is 0 Å². The first kappa shape index (κ1) is 13.3. The maximum Gasteiger partial charge on any atom is 0.309 e. The fraction of sp³-hybridized carbons (Fsp3) is 0.917. The number of rotatable bonds is 5. The Kier molecular flexibility index (Phi) is 4.07. The zero-order valence-electron chi connectivity index (χ0n) is 9.85. The van der Waals surface area contributed by atoms with Gasteiger partial charge in [0.2, 0.25) is 0 Å². The number of alkyl halides is 1. The molecule has 15 heavy (non-hydrogen) atoms. The van der Waals surface area contributed by atoms with E-state index in [2.05, 4.69) is 43.4 Å². The first-order chi connectivity index (χ1) is 6.78. The van der Waals surface area contributed by atoms with E-state index < -0.39 is 5.97 Å². The van der Waals surface area contributed by atoms with Crippen LogP contribution in [0.4, 0.5) is 0 Å². The van der Waals surface area contributed by atoms with E-state index >= 15 is 0 Å². The zero-order valence-corrected chi connectivity index (χ0v) is 12.0. The van der Waals surface area contributed by atoms with Crippen LogP contribution in [0.15, 0.2) is 0 Å². The van der Waals surface area contributed by atoms with Gasteiger partial charge in [-0.3, -0.25) is 4.79 Å². The molecule has 1 N–H and O–H groups in total. The first-order valence-corrected chi connectivity index (χ1v) is 6.90. The van der Waals surface area contributed by atoms with Gasteiger partial charge in [-0.1, -0.05) is 49.8 Å². The molecule has 1 aliphatic rings. The Labute approximate surface area is 106 Å². The third-order valence-electron chi connectivity index (χ3n) is 3.36. The summed E-state index contributed by atoms with van der Waals surface area (Å²) in [5.74, 6) is -0.580. The molecule has 0 bridgehead atoms. The highest BCUT2D eigenvalue weighted by molar-refractivity contribution is 14.1. The van der Waals surface area contributed by atoms with Crippen LogP contribution in [0.25, 0.3) is 0 Å². The molecule has 2 nitrogen and oxygen atoms in total. The average Bonchev–Trinajstić information content (AvgIpc) is 2.83. The van der Waals surface area contributed by atoms with Gasteiger partial charge in [-0.25, -0.2) is 0 Å². The predicted octanol–water partition coefficient (Wildman–Crippen LogP) is 3.87. The van der Waals surface area contributed by atoms with Crippen molar-refractivity contribution in [2.45, 2.75) is 56.8 Å². The Morgan fingerprint density at radius 3 is 2.33 bits per heavy atom. The molecule has 88 valence electrons. The second kappa shape index (κ2) is 4.60. The van der Waals surface area contributed by atoms with Crippen molar-refractivity contribution < 1.29 is 9.90 Å². The highest BCUT2D eigenvalue weighted by Crippen LogP contribution is 2.50. The minimum atomic E-state index is -0.580. The molecule has 1 atom stereocenters. The molecule has 0 aliphatic heterocycles. The Morgan fingerprint density at radius 1 is 1.47 bits per heavy atom. The highest BCUT2D eigenvalue weighted by atomic mass is 127. The number of carboxylic acids is 1. The fourth-order valence-electron chi connectivity index (χ4n) is 1.77. The number of carbonyl (C=O) groups is 1. The van der Waals surface area contributed by atoms with Crippen LogP contribution in [0, 0.1) is 10.8 Å². The third-order valence-corrected chi connectivity index (χ3v) is 5.85. The molecule has 0 radical (unpaired) electrons. The number of hydrogen-bond acceptors (Lipinski definition) is 1. The summed E-state index contributed by atoms with van der Waals surface area (Å²) in [5, 5.41) is 9.03. The van der Waals surface area contributed by atoms with Crippen LogP contribution in [-0.4, -0.2) is 15.0 Å². The van der Waals surface area contributed by atoms with Gasteiger partial charge in [0, 0.05) is 3.92 Å². The van der Waals surface area contributed by atoms with Crippen molar-refractivity contribution in [1.82, 2.24) is 0 Å². The fourth-order valence-corrected chi connectivity index (χ4v) is 2.21. The number of hydrogen-bond donors (Lipinski definition) is 1. The Hall–Kier alpha value is 0.200. The van der Waals surface area contributed by atoms with Gasteiger partial charge in [-0.05, 0) is 31.1 Å². The smallest absolute Gasteiger partial charge is 0.309 e. The van der Waals surface area contributed by atoms with E-state index in [-0.39, 0.29) is 5.41 Å². The van der Waals surface area contributed by atoms with Crippen molar-refractivity contribution in [2.24, 2.45) is 10.8 Å². The van der Waals surface area contributed by atoms with Crippen LogP contribution in [0.2, 0.25) is 0 Å². The molecule has 0 spiro atoms. The summed E-state index contributed by atoms with van der Waals surface area (Å²) >= 11 is 2.49. The number of carboxylic acid groups (broad SMARTS) is 1. The molecule has 0 heterocycles. The van der Waals surface area contributed by atoms with E-state index in [0.29, 0.717) is 9.34 Å². The Balaban J connectivity index is 2.25. The largest absolute Gasteiger partial charge is 0.481 e. The average molecular weight is 324 g/mol. The molecule has 1 fully saturated rings. The lowest BCUT2D eigenvalue weighted by molar-refractivity contribution is -0.143. The maximum absolute atomic E-state index is 11.0. The van der Waals surface area contributed by atoms with Crippen LogP contribution in [0.1, 0.15) is 52.9 Å². The lowest BCUT2D eigenvalue weighted by Gasteiger charge is -2.25. The van der Waals surface area contributed by atoms with E-state index in [1.807, 2.05) is 0 Å². The van der Waals surface area contributed by atoms with Crippen molar-refractivity contribution >= 4 is 28.6 Å². The molecule has 1 saturated carbocycles. The van der Waals surface area contributed by atoms with Crippen LogP contribution < -0.4 is 0 Å². The third kappa shape index (κ3) is 3.61. The van der Waals surface area contributed by atoms with Gasteiger partial charge in [-0.15, -0.1) is 0 Å². The first-order valence-electron chi connectivity index (χ1n) is 5.65. The van der Waals surface area contributed by atoms with Crippen LogP contribution in [0.5, 0.6) is 0 Å². The molecule has 0 saturated heterocycles. The SMILES string of the molecule is CC(C)(C)C(I)CCCC1(C(=O)O)CC1. The molecule has 1 unspecified atom stereocenters. The molecule has 0 amide bonds. The van der Waals surface area contributed by atoms with Crippen LogP contribution >= 0.6 is 22.6 Å². The van der Waals surface area contributed by atoms with Gasteiger partial charge in [0.05, 0.1) is 5.41 Å². The lowest BCUT2D eigenvalue weighted by atomic mass is 9.88. The maximum atomic E-state index is 11.0. The Bertz CT molecular complexity index is 238. The van der Waals surface area contributed by atoms with Crippen molar-refractivity contribution in [3.8, 4) is 0 Å². The lowest BCUT2D eigenvalue weighted by Crippen LogP contribution is -2.21. The normalized spacial score (nSPS) is 21.1. The highest BCUT2D eigenvalue weighted by Gasteiger charge is 2.49. The zero-order chi connectivity index (χ0) is 11.7. The second-order valence-electron chi connectivity index (χ2n) is 5.81. The Morgan fingerprint density at radius 2 is 2.00 bits per heavy atom. The molecule has 1 aliphatic carbocycles. The summed E-state index contributed by atoms with van der Waals surface area (Å²) < 4.78 is 0.639. The molecule has 0 aromatic rings. The molecular weight excluding hydrogens is 303 g/mol. The number of halogens is 1. The predicted molar refractivity (Wildman–Crippen MR) is 70.4 cm³/mol. The van der Waals surface area contributed by atoms with E-state index in [1.165, 1.54) is 0 Å². The van der Waals surface area contributed by atoms with E-state index in [4.69, 9.17) is 5.11 Å². The number of aliphatic carboxylic acids is 1. The molecule has 1 rings (SSSR count). The van der Waals surface area contributed by atoms with Crippen molar-refractivity contribution in [2.75, 3.05) is 0 Å². The molecule has 0 aromatic heterocycles. The minimum Gasteiger partial charge on any atom is -0.481 e. The topological polar surface area (TPSA) is 37.3 Å². The van der Waals surface area contributed by atoms with Gasteiger partial charge >= 0.3 is 5.97 Å². The second-order valence-corrected chi connectivity index (χ2v) is 7.31. The molecule has 0 aromatic carbocycles. The van der Waals surface area contributed by atoms with Crippen molar-refractivity contribution in [1.29, 1.82) is 0 Å². The van der Waals surface area contributed by atoms with E-state index in [9.17, 15) is 4.79 Å². The van der Waals surface area contributed by atoms with Crippen LogP contribution in [-0.2, 0) is 4.79 Å². The molecule has 3 heteroatoms. The summed E-state index contributed by atoms with van der Waals surface area (Å²) in [4.78, 5) is 11.0. The summed E-state index contributed by atoms with van der Waals surface area (Å²) in [6, 6.07) is 0. The monoisotopic (exact) mass is 324 g/mol. The van der Waals surface area contributed by atoms with E-state index in [0.717, 1.165) is 32.1 Å². The van der Waals surface area contributed by atoms with Gasteiger partial charge in [0.1, 0.15) is 0 Å². The summed E-state index contributed by atoms with van der Waals surface area (Å²) in [7, 11) is 0. The quantitative estimate of drug-likeness (QED) is 0.616. The van der Waals surface area contributed by atoms with Gasteiger partial charge < -0.3 is 5.11 Å². The summed E-state index contributed by atoms with van der Waals surface area (Å²) in [6.07, 6.45) is 4.85. The summed E-state index contributed by atoms with van der Waals surface area (Å²) in [6.45, 7) is 6.73. The van der Waals surface area contributed by atoms with Gasteiger partial charge in [0.25, 0.3) is 0 Å².